The summed E-state index contributed by atoms with van der Waals surface area (Å²) in [5.41, 5.74) is 0.546. The summed E-state index contributed by atoms with van der Waals surface area (Å²) < 4.78 is 25.4. The zero-order valence-electron chi connectivity index (χ0n) is 11.8. The van der Waals surface area contributed by atoms with Gasteiger partial charge in [-0.25, -0.2) is 4.39 Å². The van der Waals surface area contributed by atoms with Gasteiger partial charge in [0.25, 0.3) is 0 Å². The highest BCUT2D eigenvalue weighted by Gasteiger charge is 2.43. The maximum absolute atomic E-state index is 14.0. The fourth-order valence-corrected chi connectivity index (χ4v) is 3.50. The molecular weight excluding hydrogens is 259 g/mol. The molecule has 3 unspecified atom stereocenters. The minimum atomic E-state index is -0.241. The average Bonchev–Trinajstić information content (AvgIpc) is 2.90. The second-order valence-corrected chi connectivity index (χ2v) is 5.75. The number of nitrogens with zero attached hydrogens (tertiary/aromatic N) is 1. The molecule has 0 bridgehead atoms. The molecule has 1 aromatic heterocycles. The summed E-state index contributed by atoms with van der Waals surface area (Å²) in [7, 11) is 1.89. The first kappa shape index (κ1) is 13.9. The lowest BCUT2D eigenvalue weighted by atomic mass is 9.79. The van der Waals surface area contributed by atoms with Crippen LogP contribution in [-0.4, -0.2) is 37.5 Å². The normalized spacial score (nSPS) is 31.6. The van der Waals surface area contributed by atoms with Crippen molar-refractivity contribution in [2.24, 2.45) is 5.92 Å². The van der Waals surface area contributed by atoms with E-state index in [2.05, 4.69) is 10.3 Å². The Kier molecular flexibility index (Phi) is 4.01. The van der Waals surface area contributed by atoms with Crippen molar-refractivity contribution >= 4 is 0 Å². The van der Waals surface area contributed by atoms with Crippen molar-refractivity contribution in [3.8, 4) is 0 Å². The van der Waals surface area contributed by atoms with Crippen molar-refractivity contribution < 1.29 is 13.9 Å². The highest BCUT2D eigenvalue weighted by molar-refractivity contribution is 5.19. The monoisotopic (exact) mass is 280 g/mol. The van der Waals surface area contributed by atoms with Gasteiger partial charge in [0.1, 0.15) is 5.82 Å². The van der Waals surface area contributed by atoms with Gasteiger partial charge in [0.2, 0.25) is 0 Å². The van der Waals surface area contributed by atoms with Gasteiger partial charge in [-0.2, -0.15) is 0 Å². The smallest absolute Gasteiger partial charge is 0.146 e. The van der Waals surface area contributed by atoms with Crippen molar-refractivity contribution in [3.05, 3.63) is 29.8 Å². The molecule has 4 nitrogen and oxygen atoms in total. The molecule has 3 rings (SSSR count). The average molecular weight is 280 g/mol. The van der Waals surface area contributed by atoms with E-state index >= 15 is 0 Å². The Balaban J connectivity index is 1.81. The van der Waals surface area contributed by atoms with Gasteiger partial charge in [0, 0.05) is 37.4 Å². The zero-order valence-corrected chi connectivity index (χ0v) is 11.8. The highest BCUT2D eigenvalue weighted by Crippen LogP contribution is 2.41. The van der Waals surface area contributed by atoms with Gasteiger partial charge in [0.15, 0.2) is 0 Å². The van der Waals surface area contributed by atoms with E-state index in [0.717, 1.165) is 32.5 Å². The van der Waals surface area contributed by atoms with Crippen LogP contribution in [0.2, 0.25) is 0 Å². The standard InChI is InChI=1S/C15H21FN2O2/c1-17-14(12-2-5-18-9-13(12)16)11-3-6-20-15(8-11)4-7-19-10-15/h2,5,9,11,14,17H,3-4,6-8,10H2,1H3. The first-order valence-corrected chi connectivity index (χ1v) is 7.22. The van der Waals surface area contributed by atoms with E-state index in [9.17, 15) is 4.39 Å². The molecule has 0 aromatic carbocycles. The van der Waals surface area contributed by atoms with E-state index in [-0.39, 0.29) is 17.5 Å². The molecule has 1 N–H and O–H groups in total. The summed E-state index contributed by atoms with van der Waals surface area (Å²) in [6, 6.07) is 1.77. The van der Waals surface area contributed by atoms with Crippen LogP contribution in [0.5, 0.6) is 0 Å². The number of aromatic nitrogens is 1. The Morgan fingerprint density at radius 2 is 2.40 bits per heavy atom. The lowest BCUT2D eigenvalue weighted by Crippen LogP contribution is -2.43. The predicted octanol–water partition coefficient (Wildman–Crippen LogP) is 2.07. The van der Waals surface area contributed by atoms with E-state index < -0.39 is 0 Å². The van der Waals surface area contributed by atoms with Gasteiger partial charge in [0.05, 0.1) is 18.4 Å². The fourth-order valence-electron chi connectivity index (χ4n) is 3.50. The number of hydrogen-bond acceptors (Lipinski definition) is 4. The molecule has 3 heterocycles. The third-order valence-corrected chi connectivity index (χ3v) is 4.52. The third kappa shape index (κ3) is 2.57. The van der Waals surface area contributed by atoms with Crippen LogP contribution in [0.15, 0.2) is 18.5 Å². The van der Waals surface area contributed by atoms with Crippen LogP contribution in [0.1, 0.15) is 30.9 Å². The molecule has 0 saturated carbocycles. The Morgan fingerprint density at radius 3 is 3.10 bits per heavy atom. The Labute approximate surface area is 118 Å². The van der Waals surface area contributed by atoms with Gasteiger partial charge in [-0.1, -0.05) is 0 Å². The van der Waals surface area contributed by atoms with E-state index in [1.54, 1.807) is 12.3 Å². The minimum absolute atomic E-state index is 0.000579. The summed E-state index contributed by atoms with van der Waals surface area (Å²) in [4.78, 5) is 3.83. The van der Waals surface area contributed by atoms with E-state index in [0.29, 0.717) is 18.1 Å². The molecule has 0 radical (unpaired) electrons. The van der Waals surface area contributed by atoms with Crippen LogP contribution in [0.4, 0.5) is 4.39 Å². The summed E-state index contributed by atoms with van der Waals surface area (Å²) >= 11 is 0. The van der Waals surface area contributed by atoms with E-state index in [4.69, 9.17) is 9.47 Å². The maximum atomic E-state index is 14.0. The molecular formula is C15H21FN2O2. The summed E-state index contributed by atoms with van der Waals surface area (Å²) in [5.74, 6) is 0.113. The van der Waals surface area contributed by atoms with Crippen molar-refractivity contribution in [2.45, 2.75) is 30.9 Å². The van der Waals surface area contributed by atoms with Crippen molar-refractivity contribution in [1.82, 2.24) is 10.3 Å². The molecule has 110 valence electrons. The molecule has 20 heavy (non-hydrogen) atoms. The van der Waals surface area contributed by atoms with Gasteiger partial charge in [-0.3, -0.25) is 4.98 Å². The van der Waals surface area contributed by atoms with Crippen LogP contribution >= 0.6 is 0 Å². The Hall–Kier alpha value is -1.04. The van der Waals surface area contributed by atoms with Gasteiger partial charge in [-0.05, 0) is 31.9 Å². The molecule has 3 atom stereocenters. The Bertz CT molecular complexity index is 463. The van der Waals surface area contributed by atoms with Gasteiger partial charge >= 0.3 is 0 Å². The summed E-state index contributed by atoms with van der Waals surface area (Å²) in [6.07, 6.45) is 5.73. The SMILES string of the molecule is CNC(c1ccncc1F)C1CCOC2(CCOC2)C1. The van der Waals surface area contributed by atoms with E-state index in [1.165, 1.54) is 6.20 Å². The molecule has 0 amide bonds. The quantitative estimate of drug-likeness (QED) is 0.920. The maximum Gasteiger partial charge on any atom is 0.146 e. The molecule has 1 spiro atoms. The van der Waals surface area contributed by atoms with Gasteiger partial charge in [-0.15, -0.1) is 0 Å². The second kappa shape index (κ2) is 5.76. The molecule has 0 aliphatic carbocycles. The number of hydrogen-bond donors (Lipinski definition) is 1. The second-order valence-electron chi connectivity index (χ2n) is 5.75. The van der Waals surface area contributed by atoms with Crippen LogP contribution in [-0.2, 0) is 9.47 Å². The van der Waals surface area contributed by atoms with Crippen LogP contribution < -0.4 is 5.32 Å². The molecule has 1 aromatic rings. The summed E-state index contributed by atoms with van der Waals surface area (Å²) in [5, 5.41) is 3.27. The van der Waals surface area contributed by atoms with Crippen LogP contribution in [0.25, 0.3) is 0 Å². The molecule has 2 saturated heterocycles. The lowest BCUT2D eigenvalue weighted by Gasteiger charge is -2.40. The van der Waals surface area contributed by atoms with Gasteiger partial charge < -0.3 is 14.8 Å². The lowest BCUT2D eigenvalue weighted by molar-refractivity contribution is -0.103. The first-order valence-electron chi connectivity index (χ1n) is 7.22. The number of rotatable bonds is 3. The number of nitrogens with one attached hydrogen (secondary N) is 1. The fraction of sp³-hybridized carbons (Fsp3) is 0.667. The largest absolute Gasteiger partial charge is 0.378 e. The Morgan fingerprint density at radius 1 is 1.50 bits per heavy atom. The van der Waals surface area contributed by atoms with Crippen molar-refractivity contribution in [3.63, 3.8) is 0 Å². The minimum Gasteiger partial charge on any atom is -0.378 e. The number of ether oxygens (including phenoxy) is 2. The number of halogens is 1. The number of pyridine rings is 1. The van der Waals surface area contributed by atoms with Crippen LogP contribution in [0.3, 0.4) is 0 Å². The topological polar surface area (TPSA) is 43.4 Å². The van der Waals surface area contributed by atoms with E-state index in [1.807, 2.05) is 7.05 Å². The third-order valence-electron chi connectivity index (χ3n) is 4.52. The van der Waals surface area contributed by atoms with Crippen LogP contribution in [0, 0.1) is 11.7 Å². The van der Waals surface area contributed by atoms with Crippen molar-refractivity contribution in [2.75, 3.05) is 26.9 Å². The molecule has 2 aliphatic rings. The zero-order chi connectivity index (χ0) is 14.0. The molecule has 5 heteroatoms. The molecule has 2 aliphatic heterocycles. The molecule has 2 fully saturated rings. The predicted molar refractivity (Wildman–Crippen MR) is 72.8 cm³/mol. The highest BCUT2D eigenvalue weighted by atomic mass is 19.1. The summed E-state index contributed by atoms with van der Waals surface area (Å²) in [6.45, 7) is 2.15. The van der Waals surface area contributed by atoms with Crippen molar-refractivity contribution in [1.29, 1.82) is 0 Å². The first-order chi connectivity index (χ1) is 9.74.